The summed E-state index contributed by atoms with van der Waals surface area (Å²) < 4.78 is 33.7. The van der Waals surface area contributed by atoms with Crippen molar-refractivity contribution in [3.8, 4) is 0 Å². The molecule has 8 atom stereocenters. The Labute approximate surface area is 394 Å². The highest BCUT2D eigenvalue weighted by molar-refractivity contribution is 7.47. The molecule has 0 aliphatic heterocycles. The van der Waals surface area contributed by atoms with Gasteiger partial charge in [0, 0.05) is 12.8 Å². The number of carbonyl (C=O) groups excluding carboxylic acids is 2. The molecule has 65 heavy (non-hydrogen) atoms. The third-order valence-corrected chi connectivity index (χ3v) is 13.3. The third kappa shape index (κ3) is 33.5. The second-order valence-electron chi connectivity index (χ2n) is 18.4. The normalized spacial score (nSPS) is 21.5. The highest BCUT2D eigenvalue weighted by atomic mass is 31.2. The summed E-state index contributed by atoms with van der Waals surface area (Å²) in [5.74, 6) is -1.09. The standard InChI is InChI=1S/C51H95O13P/c1-3-5-7-9-11-13-15-17-19-21-22-24-26-28-30-32-34-36-38-40-45(53)63-43(42-62-65(59,60)64-51-49(57)47(55)46(54)48(56)50(51)58)41-61-44(52)39-37-35-33-31-29-27-25-23-20-18-16-14-12-10-8-6-4-2/h14,16-17,19,43,46-51,54-58H,3-13,15,18,20-42H2,1-2H3,(H,59,60)/b16-14+,19-17+/t43-,46?,47-,48?,49?,50?,51?/m1/s1. The van der Waals surface area contributed by atoms with E-state index in [1.165, 1.54) is 135 Å². The molecule has 0 aromatic carbocycles. The number of allylic oxidation sites excluding steroid dienone is 4. The monoisotopic (exact) mass is 947 g/mol. The van der Waals surface area contributed by atoms with E-state index in [2.05, 4.69) is 38.2 Å². The lowest BCUT2D eigenvalue weighted by Crippen LogP contribution is -2.64. The summed E-state index contributed by atoms with van der Waals surface area (Å²) in [6.07, 6.45) is 33.6. The Hall–Kier alpha value is -1.67. The third-order valence-electron chi connectivity index (χ3n) is 12.3. The molecule has 13 nitrogen and oxygen atoms in total. The van der Waals surface area contributed by atoms with Gasteiger partial charge < -0.3 is 39.9 Å². The van der Waals surface area contributed by atoms with Crippen LogP contribution >= 0.6 is 7.82 Å². The molecular weight excluding hydrogens is 852 g/mol. The van der Waals surface area contributed by atoms with Gasteiger partial charge in [-0.2, -0.15) is 0 Å². The molecule has 0 spiro atoms. The van der Waals surface area contributed by atoms with E-state index in [0.29, 0.717) is 12.8 Å². The molecule has 0 aromatic heterocycles. The summed E-state index contributed by atoms with van der Waals surface area (Å²) in [7, 11) is -5.12. The van der Waals surface area contributed by atoms with Gasteiger partial charge in [0.2, 0.25) is 0 Å². The second-order valence-corrected chi connectivity index (χ2v) is 19.8. The maximum Gasteiger partial charge on any atom is 0.472 e. The minimum absolute atomic E-state index is 0.0965. The average molecular weight is 947 g/mol. The Balaban J connectivity index is 2.39. The van der Waals surface area contributed by atoms with Gasteiger partial charge in [-0.25, -0.2) is 4.57 Å². The lowest BCUT2D eigenvalue weighted by molar-refractivity contribution is -0.220. The lowest BCUT2D eigenvalue weighted by atomic mass is 9.85. The average Bonchev–Trinajstić information content (AvgIpc) is 3.29. The molecule has 1 aliphatic carbocycles. The molecule has 1 rings (SSSR count). The van der Waals surface area contributed by atoms with Gasteiger partial charge >= 0.3 is 19.8 Å². The Bertz CT molecular complexity index is 1230. The molecule has 1 saturated carbocycles. The van der Waals surface area contributed by atoms with Crippen molar-refractivity contribution in [2.24, 2.45) is 0 Å². The van der Waals surface area contributed by atoms with Gasteiger partial charge in [0.15, 0.2) is 6.10 Å². The van der Waals surface area contributed by atoms with E-state index in [9.17, 15) is 44.6 Å². The first-order valence-electron chi connectivity index (χ1n) is 26.1. The van der Waals surface area contributed by atoms with Gasteiger partial charge in [-0.05, 0) is 64.2 Å². The number of phosphoric ester groups is 1. The van der Waals surface area contributed by atoms with Crippen molar-refractivity contribution in [3.05, 3.63) is 24.3 Å². The Kier molecular flexibility index (Phi) is 39.0. The minimum Gasteiger partial charge on any atom is -0.462 e. The number of aliphatic hydroxyl groups excluding tert-OH is 5. The van der Waals surface area contributed by atoms with Crippen molar-refractivity contribution in [3.63, 3.8) is 0 Å². The van der Waals surface area contributed by atoms with Gasteiger partial charge in [-0.15, -0.1) is 0 Å². The summed E-state index contributed by atoms with van der Waals surface area (Å²) in [6.45, 7) is 3.31. The summed E-state index contributed by atoms with van der Waals surface area (Å²) in [6, 6.07) is 0. The Morgan fingerprint density at radius 3 is 1.18 bits per heavy atom. The van der Waals surface area contributed by atoms with E-state index in [0.717, 1.165) is 57.8 Å². The van der Waals surface area contributed by atoms with Gasteiger partial charge in [0.1, 0.15) is 43.2 Å². The fraction of sp³-hybridized carbons (Fsp3) is 0.882. The van der Waals surface area contributed by atoms with Crippen LogP contribution in [-0.2, 0) is 32.7 Å². The van der Waals surface area contributed by atoms with E-state index in [-0.39, 0.29) is 12.8 Å². The number of aliphatic hydroxyl groups is 5. The molecule has 6 N–H and O–H groups in total. The van der Waals surface area contributed by atoms with Gasteiger partial charge in [-0.1, -0.05) is 179 Å². The van der Waals surface area contributed by atoms with Gasteiger partial charge in [0.25, 0.3) is 0 Å². The number of hydrogen-bond donors (Lipinski definition) is 6. The van der Waals surface area contributed by atoms with Crippen LogP contribution in [0, 0.1) is 0 Å². The van der Waals surface area contributed by atoms with Crippen molar-refractivity contribution >= 4 is 19.8 Å². The Morgan fingerprint density at radius 2 is 0.785 bits per heavy atom. The van der Waals surface area contributed by atoms with Gasteiger partial charge in [0.05, 0.1) is 6.61 Å². The predicted octanol–water partition coefficient (Wildman–Crippen LogP) is 11.2. The molecule has 0 radical (unpaired) electrons. The van der Waals surface area contributed by atoms with E-state index in [4.69, 9.17) is 18.5 Å². The van der Waals surface area contributed by atoms with Crippen LogP contribution in [0.2, 0.25) is 0 Å². The fourth-order valence-electron chi connectivity index (χ4n) is 8.04. The quantitative estimate of drug-likeness (QED) is 0.0146. The zero-order chi connectivity index (χ0) is 47.8. The SMILES string of the molecule is CCCCCC/C=C/CCCCCCCCCCCC(=O)OC[C@H](COP(=O)(O)OC1C(O)C(O)C(O)[C@@H](O)C1O)OC(=O)CCCCCCCCCCC/C=C/CCCCCCCC. The van der Waals surface area contributed by atoms with Crippen LogP contribution in [0.5, 0.6) is 0 Å². The molecule has 0 saturated heterocycles. The van der Waals surface area contributed by atoms with E-state index in [1.54, 1.807) is 0 Å². The minimum atomic E-state index is -5.12. The van der Waals surface area contributed by atoms with Crippen LogP contribution in [0.3, 0.4) is 0 Å². The molecule has 1 aliphatic rings. The van der Waals surface area contributed by atoms with Crippen molar-refractivity contribution in [1.29, 1.82) is 0 Å². The molecule has 1 fully saturated rings. The molecule has 0 bridgehead atoms. The molecule has 14 heteroatoms. The summed E-state index contributed by atoms with van der Waals surface area (Å²) in [5, 5.41) is 50.3. The number of unbranched alkanes of at least 4 members (excludes halogenated alkanes) is 28. The van der Waals surface area contributed by atoms with Gasteiger partial charge in [-0.3, -0.25) is 18.6 Å². The Morgan fingerprint density at radius 1 is 0.462 bits per heavy atom. The number of esters is 2. The van der Waals surface area contributed by atoms with E-state index >= 15 is 0 Å². The molecule has 0 heterocycles. The molecule has 0 aromatic rings. The smallest absolute Gasteiger partial charge is 0.462 e. The van der Waals surface area contributed by atoms with E-state index in [1.807, 2.05) is 0 Å². The zero-order valence-corrected chi connectivity index (χ0v) is 41.7. The highest BCUT2D eigenvalue weighted by Crippen LogP contribution is 2.47. The fourth-order valence-corrected chi connectivity index (χ4v) is 9.02. The first-order chi connectivity index (χ1) is 31.4. The van der Waals surface area contributed by atoms with Crippen molar-refractivity contribution in [1.82, 2.24) is 0 Å². The summed E-state index contributed by atoms with van der Waals surface area (Å²) in [4.78, 5) is 35.8. The van der Waals surface area contributed by atoms with Crippen LogP contribution in [0.15, 0.2) is 24.3 Å². The number of carbonyl (C=O) groups is 2. The van der Waals surface area contributed by atoms with Crippen molar-refractivity contribution in [2.45, 2.75) is 275 Å². The van der Waals surface area contributed by atoms with Crippen LogP contribution in [0.4, 0.5) is 0 Å². The number of ether oxygens (including phenoxy) is 2. The zero-order valence-electron chi connectivity index (χ0n) is 40.8. The number of hydrogen-bond acceptors (Lipinski definition) is 12. The molecular formula is C51H95O13P. The lowest BCUT2D eigenvalue weighted by Gasteiger charge is -2.41. The maximum absolute atomic E-state index is 12.9. The summed E-state index contributed by atoms with van der Waals surface area (Å²) in [5.41, 5.74) is 0. The largest absolute Gasteiger partial charge is 0.472 e. The predicted molar refractivity (Wildman–Crippen MR) is 258 cm³/mol. The van der Waals surface area contributed by atoms with Crippen LogP contribution in [-0.4, -0.2) is 98.3 Å². The molecule has 6 unspecified atom stereocenters. The van der Waals surface area contributed by atoms with Crippen molar-refractivity contribution < 1.29 is 63.1 Å². The molecule has 382 valence electrons. The van der Waals surface area contributed by atoms with Crippen LogP contribution < -0.4 is 0 Å². The number of rotatable bonds is 44. The maximum atomic E-state index is 12.9. The first-order valence-corrected chi connectivity index (χ1v) is 27.6. The van der Waals surface area contributed by atoms with Crippen LogP contribution in [0.25, 0.3) is 0 Å². The second kappa shape index (κ2) is 41.3. The topological polar surface area (TPSA) is 210 Å². The van der Waals surface area contributed by atoms with E-state index < -0.39 is 75.7 Å². The highest BCUT2D eigenvalue weighted by Gasteiger charge is 2.51. The van der Waals surface area contributed by atoms with Crippen LogP contribution in [0.1, 0.15) is 232 Å². The molecule has 0 amide bonds. The number of phosphoric acid groups is 1. The van der Waals surface area contributed by atoms with Crippen molar-refractivity contribution in [2.75, 3.05) is 13.2 Å². The summed E-state index contributed by atoms with van der Waals surface area (Å²) >= 11 is 0. The first kappa shape index (κ1) is 61.3.